The van der Waals surface area contributed by atoms with Crippen LogP contribution in [0.2, 0.25) is 0 Å². The first-order valence-electron chi connectivity index (χ1n) is 21.3. The number of aryl methyl sites for hydroxylation is 1. The van der Waals surface area contributed by atoms with Crippen molar-refractivity contribution in [1.82, 2.24) is 0 Å². The summed E-state index contributed by atoms with van der Waals surface area (Å²) in [5.74, 6) is -0.520. The molecule has 11 rings (SSSR count). The third kappa shape index (κ3) is 5.80. The van der Waals surface area contributed by atoms with Crippen LogP contribution in [0, 0.1) is 6.92 Å². The minimum Gasteiger partial charge on any atom is -0.466 e. The van der Waals surface area contributed by atoms with E-state index in [0.717, 1.165) is 17.5 Å². The number of carbonyl (C=O) groups is 2. The summed E-state index contributed by atoms with van der Waals surface area (Å²) in [7, 11) is 0. The van der Waals surface area contributed by atoms with Crippen molar-refractivity contribution in [3.8, 4) is 33.4 Å². The molecule has 1 atom stereocenters. The van der Waals surface area contributed by atoms with Crippen LogP contribution >= 0.6 is 0 Å². The van der Waals surface area contributed by atoms with Crippen molar-refractivity contribution in [3.63, 3.8) is 0 Å². The van der Waals surface area contributed by atoms with E-state index in [1.54, 1.807) is 0 Å². The monoisotopic (exact) mass is 792 g/mol. The number of hydrogen-bond acceptors (Lipinski definition) is 4. The summed E-state index contributed by atoms with van der Waals surface area (Å²) in [4.78, 5) is 23.3. The van der Waals surface area contributed by atoms with Gasteiger partial charge >= 0.3 is 11.9 Å². The van der Waals surface area contributed by atoms with E-state index in [0.29, 0.717) is 26.1 Å². The quantitative estimate of drug-likeness (QED) is 0.0599. The highest BCUT2D eigenvalue weighted by Gasteiger charge is 2.41. The van der Waals surface area contributed by atoms with Crippen LogP contribution in [0.3, 0.4) is 0 Å². The minimum atomic E-state index is -0.509. The van der Waals surface area contributed by atoms with Gasteiger partial charge in [0.1, 0.15) is 0 Å². The summed E-state index contributed by atoms with van der Waals surface area (Å²) < 4.78 is 10.8. The van der Waals surface area contributed by atoms with E-state index in [-0.39, 0.29) is 11.9 Å². The van der Waals surface area contributed by atoms with E-state index >= 15 is 0 Å². The lowest BCUT2D eigenvalue weighted by Crippen LogP contribution is -2.23. The predicted octanol–water partition coefficient (Wildman–Crippen LogP) is 14.0. The standard InChI is InChI=1S/C57H44O4/c1-5-57(24-6-25-60-34(3)58)51-31-39(45-17-11-37-7-9-41-27-33(2)28-42-15-21-49(45)55(37)53(41)42)13-19-47(51)48-20-14-40(32-52(48)57)46-18-12-38-8-10-43-29-36(23-26-61-35(4)59)30-44-16-22-50(46)56(38)54(43)44/h5,7-22,27-32H,1,6,23-26H2,2-4H3. The van der Waals surface area contributed by atoms with Crippen LogP contribution in [0.5, 0.6) is 0 Å². The lowest BCUT2D eigenvalue weighted by molar-refractivity contribution is -0.141. The third-order valence-corrected chi connectivity index (χ3v) is 13.4. The Kier molecular flexibility index (Phi) is 8.51. The Morgan fingerprint density at radius 1 is 0.525 bits per heavy atom. The number of fused-ring (bicyclic) bond motifs is 3. The van der Waals surface area contributed by atoms with E-state index in [1.807, 2.05) is 0 Å². The number of rotatable bonds is 10. The SMILES string of the molecule is C=CC1(CCCOC(C)=O)c2cc(-c3ccc4ccc5cc(C)cc6ccc3c4c56)ccc2-c2ccc(-c3ccc4ccc5cc(CCOC(C)=O)cc6ccc3c4c56)cc21. The van der Waals surface area contributed by atoms with E-state index in [4.69, 9.17) is 9.47 Å². The highest BCUT2D eigenvalue weighted by molar-refractivity contribution is 6.27. The number of allylic oxidation sites excluding steroid dienone is 1. The Balaban J connectivity index is 1.05. The maximum Gasteiger partial charge on any atom is 0.302 e. The molecule has 0 N–H and O–H groups in total. The van der Waals surface area contributed by atoms with Gasteiger partial charge < -0.3 is 9.47 Å². The molecule has 0 aliphatic heterocycles. The molecule has 0 saturated carbocycles. The maximum atomic E-state index is 11.9. The molecule has 0 amide bonds. The average Bonchev–Trinajstić information content (AvgIpc) is 3.53. The first-order chi connectivity index (χ1) is 29.7. The van der Waals surface area contributed by atoms with Crippen molar-refractivity contribution in [2.75, 3.05) is 13.2 Å². The number of benzene rings is 10. The molecule has 4 nitrogen and oxygen atoms in total. The van der Waals surface area contributed by atoms with E-state index < -0.39 is 5.41 Å². The van der Waals surface area contributed by atoms with Gasteiger partial charge in [0.15, 0.2) is 0 Å². The lowest BCUT2D eigenvalue weighted by Gasteiger charge is -2.29. The highest BCUT2D eigenvalue weighted by atomic mass is 16.5. The fourth-order valence-corrected chi connectivity index (χ4v) is 10.8. The Morgan fingerprint density at radius 3 is 1.48 bits per heavy atom. The average molecular weight is 793 g/mol. The zero-order chi connectivity index (χ0) is 41.6. The first-order valence-corrected chi connectivity index (χ1v) is 21.3. The first kappa shape index (κ1) is 37.0. The molecule has 296 valence electrons. The zero-order valence-corrected chi connectivity index (χ0v) is 34.7. The molecule has 1 unspecified atom stereocenters. The molecule has 1 aliphatic carbocycles. The van der Waals surface area contributed by atoms with Crippen LogP contribution in [-0.2, 0) is 30.9 Å². The Morgan fingerprint density at radius 2 is 0.967 bits per heavy atom. The van der Waals surface area contributed by atoms with Gasteiger partial charge in [0, 0.05) is 25.7 Å². The number of esters is 2. The van der Waals surface area contributed by atoms with Crippen molar-refractivity contribution < 1.29 is 19.1 Å². The molecular weight excluding hydrogens is 749 g/mol. The van der Waals surface area contributed by atoms with E-state index in [2.05, 4.69) is 153 Å². The largest absolute Gasteiger partial charge is 0.466 e. The predicted molar refractivity (Wildman–Crippen MR) is 252 cm³/mol. The molecule has 0 aromatic heterocycles. The van der Waals surface area contributed by atoms with E-state index in [1.165, 1.54) is 123 Å². The normalized spacial score (nSPS) is 14.7. The summed E-state index contributed by atoms with van der Waals surface area (Å²) in [6.07, 6.45) is 4.24. The summed E-state index contributed by atoms with van der Waals surface area (Å²) >= 11 is 0. The second kappa shape index (κ2) is 14.0. The molecule has 0 heterocycles. The molecule has 0 radical (unpaired) electrons. The molecule has 4 heteroatoms. The topological polar surface area (TPSA) is 52.6 Å². The maximum absolute atomic E-state index is 11.9. The third-order valence-electron chi connectivity index (χ3n) is 13.4. The smallest absolute Gasteiger partial charge is 0.302 e. The van der Waals surface area contributed by atoms with Crippen molar-refractivity contribution in [1.29, 1.82) is 0 Å². The van der Waals surface area contributed by atoms with Gasteiger partial charge in [-0.1, -0.05) is 127 Å². The van der Waals surface area contributed by atoms with Gasteiger partial charge in [-0.2, -0.15) is 0 Å². The molecule has 0 fully saturated rings. The zero-order valence-electron chi connectivity index (χ0n) is 34.7. The van der Waals surface area contributed by atoms with Crippen LogP contribution in [0.4, 0.5) is 0 Å². The van der Waals surface area contributed by atoms with Gasteiger partial charge in [-0.3, -0.25) is 9.59 Å². The molecule has 0 spiro atoms. The minimum absolute atomic E-state index is 0.257. The Labute approximate surface area is 354 Å². The van der Waals surface area contributed by atoms with Crippen LogP contribution in [-0.4, -0.2) is 25.2 Å². The summed E-state index contributed by atoms with van der Waals surface area (Å²) in [5.41, 5.74) is 11.5. The summed E-state index contributed by atoms with van der Waals surface area (Å²) in [5, 5.41) is 15.0. The van der Waals surface area contributed by atoms with Crippen LogP contribution in [0.25, 0.3) is 98.0 Å². The number of ether oxygens (including phenoxy) is 2. The Bertz CT molecular complexity index is 3410. The van der Waals surface area contributed by atoms with Crippen LogP contribution in [0.1, 0.15) is 48.9 Å². The summed E-state index contributed by atoms with van der Waals surface area (Å²) in [6.45, 7) is 10.4. The van der Waals surface area contributed by atoms with Crippen molar-refractivity contribution in [2.45, 2.75) is 45.4 Å². The molecular formula is C57H44O4. The molecule has 61 heavy (non-hydrogen) atoms. The van der Waals surface area contributed by atoms with Crippen molar-refractivity contribution >= 4 is 76.6 Å². The second-order valence-electron chi connectivity index (χ2n) is 17.0. The van der Waals surface area contributed by atoms with Gasteiger partial charge in [0.25, 0.3) is 0 Å². The van der Waals surface area contributed by atoms with Crippen LogP contribution in [0.15, 0.2) is 146 Å². The lowest BCUT2D eigenvalue weighted by atomic mass is 9.73. The fourth-order valence-electron chi connectivity index (χ4n) is 10.8. The van der Waals surface area contributed by atoms with Crippen LogP contribution < -0.4 is 0 Å². The second-order valence-corrected chi connectivity index (χ2v) is 17.0. The van der Waals surface area contributed by atoms with Crippen molar-refractivity contribution in [2.24, 2.45) is 0 Å². The van der Waals surface area contributed by atoms with Gasteiger partial charge in [0.05, 0.1) is 13.2 Å². The van der Waals surface area contributed by atoms with Gasteiger partial charge in [0.2, 0.25) is 0 Å². The van der Waals surface area contributed by atoms with Gasteiger partial charge in [-0.25, -0.2) is 0 Å². The molecule has 0 saturated heterocycles. The molecule has 1 aliphatic rings. The van der Waals surface area contributed by atoms with Gasteiger partial charge in [-0.05, 0) is 152 Å². The Hall–Kier alpha value is -7.04. The molecule has 10 aromatic carbocycles. The van der Waals surface area contributed by atoms with Gasteiger partial charge in [-0.15, -0.1) is 6.58 Å². The fraction of sp³-hybridized carbons (Fsp3) is 0.158. The molecule has 10 aromatic rings. The van der Waals surface area contributed by atoms with E-state index in [9.17, 15) is 9.59 Å². The van der Waals surface area contributed by atoms with Crippen molar-refractivity contribution in [3.05, 3.63) is 168 Å². The number of carbonyl (C=O) groups excluding carboxylic acids is 2. The number of hydrogen-bond donors (Lipinski definition) is 0. The highest BCUT2D eigenvalue weighted by Crippen LogP contribution is 2.55. The molecule has 0 bridgehead atoms. The summed E-state index contributed by atoms with van der Waals surface area (Å²) in [6, 6.07) is 50.1.